The normalized spacial score (nSPS) is 11.2. The highest BCUT2D eigenvalue weighted by molar-refractivity contribution is 6.22. The molecule has 2 nitrogen and oxygen atoms in total. The fourth-order valence-electron chi connectivity index (χ4n) is 3.65. The number of nitrogens with zero attached hydrogens (tertiary/aromatic N) is 1. The van der Waals surface area contributed by atoms with Gasteiger partial charge in [-0.3, -0.25) is 0 Å². The van der Waals surface area contributed by atoms with Crippen LogP contribution in [-0.4, -0.2) is 4.98 Å². The van der Waals surface area contributed by atoms with E-state index in [-0.39, 0.29) is 0 Å². The molecule has 1 aromatic heterocycles. The standard InChI is InChI=1S/C23H14N2/c24-14-15-9-11-16(12-10-15)20-13-17-5-1-2-6-18(17)23-22(20)19-7-3-4-8-21(19)25-23/h1-13,25H. The average Bonchev–Trinajstić information content (AvgIpc) is 3.07. The molecule has 25 heavy (non-hydrogen) atoms. The molecule has 0 saturated heterocycles. The number of nitriles is 1. The zero-order chi connectivity index (χ0) is 16.8. The molecule has 0 saturated carbocycles. The van der Waals surface area contributed by atoms with Gasteiger partial charge in [-0.15, -0.1) is 0 Å². The van der Waals surface area contributed by atoms with Crippen LogP contribution in [0.4, 0.5) is 0 Å². The quantitative estimate of drug-likeness (QED) is 0.404. The van der Waals surface area contributed by atoms with Gasteiger partial charge < -0.3 is 4.98 Å². The third-order valence-corrected chi connectivity index (χ3v) is 4.83. The second kappa shape index (κ2) is 5.22. The number of nitrogens with one attached hydrogen (secondary N) is 1. The number of benzene rings is 4. The van der Waals surface area contributed by atoms with Gasteiger partial charge in [-0.2, -0.15) is 5.26 Å². The van der Waals surface area contributed by atoms with E-state index in [9.17, 15) is 0 Å². The van der Waals surface area contributed by atoms with E-state index >= 15 is 0 Å². The smallest absolute Gasteiger partial charge is 0.0991 e. The molecule has 4 aromatic carbocycles. The zero-order valence-electron chi connectivity index (χ0n) is 13.5. The minimum Gasteiger partial charge on any atom is -0.354 e. The molecular weight excluding hydrogens is 304 g/mol. The lowest BCUT2D eigenvalue weighted by Gasteiger charge is -2.08. The highest BCUT2D eigenvalue weighted by Crippen LogP contribution is 2.39. The zero-order valence-corrected chi connectivity index (χ0v) is 13.5. The lowest BCUT2D eigenvalue weighted by atomic mass is 9.95. The summed E-state index contributed by atoms with van der Waals surface area (Å²) in [5.41, 5.74) is 5.30. The van der Waals surface area contributed by atoms with Gasteiger partial charge in [0.15, 0.2) is 0 Å². The SMILES string of the molecule is N#Cc1ccc(-c2cc3ccccc3c3[nH]c4ccccc4c23)cc1. The van der Waals surface area contributed by atoms with E-state index in [2.05, 4.69) is 65.7 Å². The van der Waals surface area contributed by atoms with Gasteiger partial charge in [-0.1, -0.05) is 54.6 Å². The number of hydrogen-bond acceptors (Lipinski definition) is 1. The minimum atomic E-state index is 0.680. The Hall–Kier alpha value is -3.57. The lowest BCUT2D eigenvalue weighted by Crippen LogP contribution is -1.84. The highest BCUT2D eigenvalue weighted by Gasteiger charge is 2.13. The second-order valence-corrected chi connectivity index (χ2v) is 6.26. The topological polar surface area (TPSA) is 39.6 Å². The van der Waals surface area contributed by atoms with Crippen LogP contribution >= 0.6 is 0 Å². The fraction of sp³-hybridized carbons (Fsp3) is 0. The Morgan fingerprint density at radius 1 is 0.760 bits per heavy atom. The molecule has 5 aromatic rings. The predicted octanol–water partition coefficient (Wildman–Crippen LogP) is 6.01. The van der Waals surface area contributed by atoms with Crippen LogP contribution < -0.4 is 0 Å². The Balaban J connectivity index is 1.97. The number of hydrogen-bond donors (Lipinski definition) is 1. The lowest BCUT2D eigenvalue weighted by molar-refractivity contribution is 1.48. The molecule has 1 N–H and O–H groups in total. The molecule has 1 heterocycles. The summed E-state index contributed by atoms with van der Waals surface area (Å²) in [7, 11) is 0. The molecule has 0 fully saturated rings. The molecule has 0 radical (unpaired) electrons. The van der Waals surface area contributed by atoms with E-state index in [0.29, 0.717) is 5.56 Å². The first-order chi connectivity index (χ1) is 12.3. The van der Waals surface area contributed by atoms with Crippen molar-refractivity contribution in [2.45, 2.75) is 0 Å². The van der Waals surface area contributed by atoms with E-state index in [4.69, 9.17) is 5.26 Å². The van der Waals surface area contributed by atoms with Crippen molar-refractivity contribution in [1.82, 2.24) is 4.98 Å². The second-order valence-electron chi connectivity index (χ2n) is 6.26. The molecule has 0 atom stereocenters. The van der Waals surface area contributed by atoms with Gasteiger partial charge >= 0.3 is 0 Å². The summed E-state index contributed by atoms with van der Waals surface area (Å²) < 4.78 is 0. The summed E-state index contributed by atoms with van der Waals surface area (Å²) in [6, 6.07) is 29.1. The number of para-hydroxylation sites is 1. The maximum Gasteiger partial charge on any atom is 0.0991 e. The Kier molecular flexibility index (Phi) is 2.89. The largest absolute Gasteiger partial charge is 0.354 e. The van der Waals surface area contributed by atoms with Crippen molar-refractivity contribution in [3.63, 3.8) is 0 Å². The molecule has 0 unspecified atom stereocenters. The highest BCUT2D eigenvalue weighted by atomic mass is 14.7. The molecule has 0 aliphatic heterocycles. The first-order valence-corrected chi connectivity index (χ1v) is 8.28. The number of aromatic amines is 1. The summed E-state index contributed by atoms with van der Waals surface area (Å²) in [5, 5.41) is 14.0. The van der Waals surface area contributed by atoms with Crippen molar-refractivity contribution in [2.75, 3.05) is 0 Å². The van der Waals surface area contributed by atoms with Crippen molar-refractivity contribution >= 4 is 32.6 Å². The number of H-pyrrole nitrogens is 1. The van der Waals surface area contributed by atoms with Crippen LogP contribution in [0.5, 0.6) is 0 Å². The maximum atomic E-state index is 9.07. The van der Waals surface area contributed by atoms with Crippen LogP contribution in [0.3, 0.4) is 0 Å². The molecule has 0 spiro atoms. The van der Waals surface area contributed by atoms with Gasteiger partial charge in [0, 0.05) is 21.7 Å². The molecule has 0 amide bonds. The Bertz CT molecular complexity index is 1290. The van der Waals surface area contributed by atoms with E-state index in [1.54, 1.807) is 0 Å². The van der Waals surface area contributed by atoms with Crippen molar-refractivity contribution in [3.8, 4) is 17.2 Å². The van der Waals surface area contributed by atoms with Crippen molar-refractivity contribution in [1.29, 1.82) is 5.26 Å². The van der Waals surface area contributed by atoms with Crippen LogP contribution in [0.15, 0.2) is 78.9 Å². The summed E-state index contributed by atoms with van der Waals surface area (Å²) in [6.45, 7) is 0. The average molecular weight is 318 g/mol. The molecule has 0 bridgehead atoms. The van der Waals surface area contributed by atoms with Crippen LogP contribution in [0, 0.1) is 11.3 Å². The number of fused-ring (bicyclic) bond motifs is 5. The first-order valence-electron chi connectivity index (χ1n) is 8.28. The Morgan fingerprint density at radius 3 is 2.28 bits per heavy atom. The molecule has 0 aliphatic carbocycles. The van der Waals surface area contributed by atoms with Crippen molar-refractivity contribution in [2.24, 2.45) is 0 Å². The minimum absolute atomic E-state index is 0.680. The van der Waals surface area contributed by atoms with Crippen LogP contribution in [0.25, 0.3) is 43.7 Å². The third-order valence-electron chi connectivity index (χ3n) is 4.83. The van der Waals surface area contributed by atoms with Gasteiger partial charge in [0.05, 0.1) is 17.1 Å². The molecule has 2 heteroatoms. The Labute approximate surface area is 145 Å². The molecule has 0 aliphatic rings. The monoisotopic (exact) mass is 318 g/mol. The first kappa shape index (κ1) is 13.8. The van der Waals surface area contributed by atoms with Gasteiger partial charge in [0.1, 0.15) is 0 Å². The fourth-order valence-corrected chi connectivity index (χ4v) is 3.65. The number of rotatable bonds is 1. The Morgan fingerprint density at radius 2 is 1.48 bits per heavy atom. The van der Waals surface area contributed by atoms with E-state index in [1.165, 1.54) is 32.6 Å². The third kappa shape index (κ3) is 2.03. The van der Waals surface area contributed by atoms with Gasteiger partial charge in [0.2, 0.25) is 0 Å². The van der Waals surface area contributed by atoms with E-state index in [0.717, 1.165) is 11.1 Å². The van der Waals surface area contributed by atoms with E-state index < -0.39 is 0 Å². The maximum absolute atomic E-state index is 9.07. The predicted molar refractivity (Wildman–Crippen MR) is 103 cm³/mol. The van der Waals surface area contributed by atoms with Crippen LogP contribution in [0.1, 0.15) is 5.56 Å². The van der Waals surface area contributed by atoms with Crippen LogP contribution in [-0.2, 0) is 0 Å². The molecule has 116 valence electrons. The van der Waals surface area contributed by atoms with Gasteiger partial charge in [-0.25, -0.2) is 0 Å². The molecule has 5 rings (SSSR count). The van der Waals surface area contributed by atoms with Crippen LogP contribution in [0.2, 0.25) is 0 Å². The summed E-state index contributed by atoms with van der Waals surface area (Å²) in [4.78, 5) is 3.60. The summed E-state index contributed by atoms with van der Waals surface area (Å²) in [5.74, 6) is 0. The van der Waals surface area contributed by atoms with E-state index in [1.807, 2.05) is 24.3 Å². The number of aromatic nitrogens is 1. The summed E-state index contributed by atoms with van der Waals surface area (Å²) >= 11 is 0. The van der Waals surface area contributed by atoms with Gasteiger partial charge in [0.25, 0.3) is 0 Å². The van der Waals surface area contributed by atoms with Crippen molar-refractivity contribution < 1.29 is 0 Å². The molecular formula is C23H14N2. The van der Waals surface area contributed by atoms with Crippen molar-refractivity contribution in [3.05, 3.63) is 84.4 Å². The summed E-state index contributed by atoms with van der Waals surface area (Å²) in [6.07, 6.45) is 0. The van der Waals surface area contributed by atoms with Gasteiger partial charge in [-0.05, 0) is 40.8 Å².